The summed E-state index contributed by atoms with van der Waals surface area (Å²) in [5.41, 5.74) is 1.14. The molecular weight excluding hydrogens is 258 g/mol. The summed E-state index contributed by atoms with van der Waals surface area (Å²) in [6, 6.07) is 4.00. The number of aromatic nitrogens is 1. The van der Waals surface area contributed by atoms with Gasteiger partial charge in [-0.3, -0.25) is 0 Å². The second kappa shape index (κ2) is 6.19. The first-order valence-electron chi connectivity index (χ1n) is 7.05. The van der Waals surface area contributed by atoms with Crippen molar-refractivity contribution in [3.05, 3.63) is 24.5 Å². The van der Waals surface area contributed by atoms with Crippen LogP contribution in [-0.2, 0) is 9.47 Å². The van der Waals surface area contributed by atoms with E-state index in [1.54, 1.807) is 4.57 Å². The molecule has 0 radical (unpaired) electrons. The molecule has 2 saturated heterocycles. The molecular formula is C14H20N3O3+. The largest absolute Gasteiger partial charge is 0.498 e. The fourth-order valence-electron chi connectivity index (χ4n) is 2.50. The topological polar surface area (TPSA) is 45.9 Å². The molecule has 6 nitrogen and oxygen atoms in total. The van der Waals surface area contributed by atoms with E-state index in [0.29, 0.717) is 26.3 Å². The molecule has 2 aliphatic rings. The minimum Gasteiger partial charge on any atom is -0.378 e. The zero-order chi connectivity index (χ0) is 13.8. The number of rotatable bonds is 1. The molecule has 0 saturated carbocycles. The van der Waals surface area contributed by atoms with Gasteiger partial charge < -0.3 is 14.4 Å². The lowest BCUT2D eigenvalue weighted by molar-refractivity contribution is -0.578. The molecule has 0 atom stereocenters. The second-order valence-electron chi connectivity index (χ2n) is 4.95. The lowest BCUT2D eigenvalue weighted by Crippen LogP contribution is -2.55. The maximum absolute atomic E-state index is 12.3. The molecule has 0 unspecified atom stereocenters. The Kier molecular flexibility index (Phi) is 4.13. The highest BCUT2D eigenvalue weighted by atomic mass is 16.5. The molecule has 2 fully saturated rings. The summed E-state index contributed by atoms with van der Waals surface area (Å²) in [4.78, 5) is 16.4. The molecule has 2 aliphatic heterocycles. The summed E-state index contributed by atoms with van der Waals surface area (Å²) < 4.78 is 12.2. The van der Waals surface area contributed by atoms with Crippen LogP contribution in [0.1, 0.15) is 0 Å². The third-order valence-corrected chi connectivity index (χ3v) is 3.69. The third-order valence-electron chi connectivity index (χ3n) is 3.69. The number of ether oxygens (including phenoxy) is 2. The van der Waals surface area contributed by atoms with Crippen molar-refractivity contribution in [1.82, 2.24) is 4.90 Å². The minimum absolute atomic E-state index is 0.0156. The van der Waals surface area contributed by atoms with E-state index < -0.39 is 0 Å². The number of morpholine rings is 2. The van der Waals surface area contributed by atoms with Crippen LogP contribution in [0.15, 0.2) is 24.5 Å². The van der Waals surface area contributed by atoms with E-state index in [2.05, 4.69) is 4.90 Å². The molecule has 0 N–H and O–H groups in total. The van der Waals surface area contributed by atoms with Gasteiger partial charge in [-0.1, -0.05) is 0 Å². The van der Waals surface area contributed by atoms with Gasteiger partial charge in [0.25, 0.3) is 0 Å². The molecule has 1 aromatic heterocycles. The van der Waals surface area contributed by atoms with E-state index in [9.17, 15) is 4.79 Å². The zero-order valence-electron chi connectivity index (χ0n) is 11.5. The maximum Gasteiger partial charge on any atom is 0.498 e. The summed E-state index contributed by atoms with van der Waals surface area (Å²) in [7, 11) is 0. The summed E-state index contributed by atoms with van der Waals surface area (Å²) >= 11 is 0. The molecule has 20 heavy (non-hydrogen) atoms. The Morgan fingerprint density at radius 3 is 2.10 bits per heavy atom. The van der Waals surface area contributed by atoms with Crippen LogP contribution in [0.2, 0.25) is 0 Å². The monoisotopic (exact) mass is 278 g/mol. The average molecular weight is 278 g/mol. The van der Waals surface area contributed by atoms with Gasteiger partial charge in [0, 0.05) is 30.9 Å². The van der Waals surface area contributed by atoms with Gasteiger partial charge in [0.2, 0.25) is 0 Å². The SMILES string of the molecule is O=C(N1CCOCC1)[n+]1ccc(N2CCOCC2)cc1. The fourth-order valence-corrected chi connectivity index (χ4v) is 2.50. The number of nitrogens with zero attached hydrogens (tertiary/aromatic N) is 3. The summed E-state index contributed by atoms with van der Waals surface area (Å²) in [5, 5.41) is 0. The van der Waals surface area contributed by atoms with E-state index in [1.165, 1.54) is 0 Å². The zero-order valence-corrected chi connectivity index (χ0v) is 11.5. The molecule has 0 bridgehead atoms. The van der Waals surface area contributed by atoms with E-state index in [-0.39, 0.29) is 6.03 Å². The normalized spacial score (nSPS) is 20.0. The number of hydrogen-bond acceptors (Lipinski definition) is 4. The highest BCUT2D eigenvalue weighted by Crippen LogP contribution is 2.13. The van der Waals surface area contributed by atoms with Crippen molar-refractivity contribution in [1.29, 1.82) is 0 Å². The minimum atomic E-state index is 0.0156. The van der Waals surface area contributed by atoms with Crippen LogP contribution in [0, 0.1) is 0 Å². The van der Waals surface area contributed by atoms with Gasteiger partial charge in [0.15, 0.2) is 0 Å². The quantitative estimate of drug-likeness (QED) is 0.684. The standard InChI is InChI=1S/C14H20N3O3/c18-14(17-7-11-20-12-8-17)16-3-1-13(2-4-16)15-5-9-19-10-6-15/h1-4H,5-12H2/q+1. The molecule has 1 amide bonds. The van der Waals surface area contributed by atoms with E-state index in [0.717, 1.165) is 32.0 Å². The fraction of sp³-hybridized carbons (Fsp3) is 0.571. The molecule has 0 aromatic carbocycles. The number of pyridine rings is 1. The number of anilines is 1. The Morgan fingerprint density at radius 2 is 1.50 bits per heavy atom. The van der Waals surface area contributed by atoms with Crippen molar-refractivity contribution in [3.8, 4) is 0 Å². The Bertz CT molecular complexity index is 451. The van der Waals surface area contributed by atoms with Crippen LogP contribution in [-0.4, -0.2) is 63.5 Å². The van der Waals surface area contributed by atoms with Gasteiger partial charge in [-0.05, 0) is 0 Å². The van der Waals surface area contributed by atoms with E-state index in [4.69, 9.17) is 9.47 Å². The van der Waals surface area contributed by atoms with Crippen molar-refractivity contribution in [2.24, 2.45) is 0 Å². The molecule has 6 heteroatoms. The maximum atomic E-state index is 12.3. The van der Waals surface area contributed by atoms with Crippen molar-refractivity contribution >= 4 is 11.7 Å². The average Bonchev–Trinajstić information content (AvgIpc) is 2.56. The summed E-state index contributed by atoms with van der Waals surface area (Å²) in [5.74, 6) is 0. The summed E-state index contributed by atoms with van der Waals surface area (Å²) in [6.07, 6.45) is 3.67. The highest BCUT2D eigenvalue weighted by molar-refractivity contribution is 5.65. The Morgan fingerprint density at radius 1 is 0.950 bits per heavy atom. The predicted molar refractivity (Wildman–Crippen MR) is 72.9 cm³/mol. The van der Waals surface area contributed by atoms with Crippen molar-refractivity contribution in [2.45, 2.75) is 0 Å². The van der Waals surface area contributed by atoms with Crippen molar-refractivity contribution in [2.75, 3.05) is 57.5 Å². The Hall–Kier alpha value is -1.66. The van der Waals surface area contributed by atoms with Crippen LogP contribution in [0.5, 0.6) is 0 Å². The molecule has 3 rings (SSSR count). The first kappa shape index (κ1) is 13.3. The predicted octanol–water partition coefficient (Wildman–Crippen LogP) is 0.111. The van der Waals surface area contributed by atoms with Gasteiger partial charge in [-0.2, -0.15) is 9.36 Å². The molecule has 3 heterocycles. The van der Waals surface area contributed by atoms with Gasteiger partial charge in [0.1, 0.15) is 25.5 Å². The third kappa shape index (κ3) is 2.91. The number of hydrogen-bond donors (Lipinski definition) is 0. The van der Waals surface area contributed by atoms with Crippen LogP contribution in [0.4, 0.5) is 10.5 Å². The van der Waals surface area contributed by atoms with Gasteiger partial charge in [-0.15, -0.1) is 0 Å². The first-order chi connectivity index (χ1) is 9.84. The highest BCUT2D eigenvalue weighted by Gasteiger charge is 2.26. The second-order valence-corrected chi connectivity index (χ2v) is 4.95. The smallest absolute Gasteiger partial charge is 0.378 e. The van der Waals surface area contributed by atoms with Crippen LogP contribution >= 0.6 is 0 Å². The number of carbonyl (C=O) groups is 1. The first-order valence-corrected chi connectivity index (χ1v) is 7.05. The lowest BCUT2D eigenvalue weighted by Gasteiger charge is -2.28. The molecule has 0 aliphatic carbocycles. The molecule has 108 valence electrons. The Balaban J connectivity index is 1.67. The van der Waals surface area contributed by atoms with E-state index in [1.807, 2.05) is 29.4 Å². The van der Waals surface area contributed by atoms with Crippen LogP contribution < -0.4 is 9.47 Å². The molecule has 0 spiro atoms. The van der Waals surface area contributed by atoms with Gasteiger partial charge in [-0.25, -0.2) is 4.90 Å². The Labute approximate surface area is 118 Å². The number of carbonyl (C=O) groups excluding carboxylic acids is 1. The van der Waals surface area contributed by atoms with Crippen molar-refractivity contribution in [3.63, 3.8) is 0 Å². The lowest BCUT2D eigenvalue weighted by atomic mass is 10.3. The van der Waals surface area contributed by atoms with Crippen LogP contribution in [0.25, 0.3) is 0 Å². The van der Waals surface area contributed by atoms with Gasteiger partial charge >= 0.3 is 6.03 Å². The number of amides is 1. The molecule has 1 aromatic rings. The van der Waals surface area contributed by atoms with Crippen molar-refractivity contribution < 1.29 is 18.8 Å². The van der Waals surface area contributed by atoms with Gasteiger partial charge in [0.05, 0.1) is 26.4 Å². The van der Waals surface area contributed by atoms with Crippen LogP contribution in [0.3, 0.4) is 0 Å². The summed E-state index contributed by atoms with van der Waals surface area (Å²) in [6.45, 7) is 5.91. The van der Waals surface area contributed by atoms with E-state index >= 15 is 0 Å².